The molecule has 1 aliphatic rings. The molecule has 1 saturated carbocycles. The highest BCUT2D eigenvalue weighted by atomic mass is 16.2. The van der Waals surface area contributed by atoms with Gasteiger partial charge in [-0.25, -0.2) is 0 Å². The third-order valence-corrected chi connectivity index (χ3v) is 4.32. The first kappa shape index (κ1) is 14.7. The molecule has 3 N–H and O–H groups in total. The third kappa shape index (κ3) is 2.62. The molecule has 0 unspecified atom stereocenters. The number of hydrazine groups is 1. The lowest BCUT2D eigenvalue weighted by atomic mass is 9.75. The van der Waals surface area contributed by atoms with E-state index in [9.17, 15) is 4.79 Å². The second-order valence-corrected chi connectivity index (χ2v) is 5.70. The highest BCUT2D eigenvalue weighted by molar-refractivity contribution is 5.99. The molecule has 0 aromatic carbocycles. The maximum absolute atomic E-state index is 12.5. The minimum Gasteiger partial charge on any atom is -0.340 e. The van der Waals surface area contributed by atoms with E-state index >= 15 is 0 Å². The van der Waals surface area contributed by atoms with Gasteiger partial charge in [-0.1, -0.05) is 0 Å². The van der Waals surface area contributed by atoms with Crippen molar-refractivity contribution >= 4 is 11.6 Å². The Hall–Kier alpha value is -1.66. The maximum Gasteiger partial charge on any atom is 0.257 e. The Kier molecular flexibility index (Phi) is 4.25. The second kappa shape index (κ2) is 5.76. The van der Waals surface area contributed by atoms with Crippen LogP contribution in [0.4, 0.5) is 5.69 Å². The standard InChI is InChI=1S/C14H23N5O/c1-18(2)14(6-4-7-14)10-19(3)13(20)11-9-16-8-5-12(11)17-15/h5,8-9H,4,6-7,10,15H2,1-3H3,(H,16,17). The molecule has 0 aliphatic heterocycles. The van der Waals surface area contributed by atoms with Crippen LogP contribution >= 0.6 is 0 Å². The van der Waals surface area contributed by atoms with Crippen LogP contribution in [-0.4, -0.2) is 53.9 Å². The van der Waals surface area contributed by atoms with Crippen molar-refractivity contribution in [3.05, 3.63) is 24.0 Å². The molecule has 6 nitrogen and oxygen atoms in total. The molecule has 1 aliphatic carbocycles. The average molecular weight is 277 g/mol. The van der Waals surface area contributed by atoms with Crippen LogP contribution < -0.4 is 11.3 Å². The number of nitrogens with two attached hydrogens (primary N) is 1. The first-order valence-electron chi connectivity index (χ1n) is 6.84. The molecule has 0 bridgehead atoms. The van der Waals surface area contributed by atoms with Gasteiger partial charge in [0.05, 0.1) is 11.3 Å². The van der Waals surface area contributed by atoms with Crippen LogP contribution in [0.25, 0.3) is 0 Å². The quantitative estimate of drug-likeness (QED) is 0.618. The van der Waals surface area contributed by atoms with E-state index in [1.54, 1.807) is 23.4 Å². The first-order chi connectivity index (χ1) is 9.50. The summed E-state index contributed by atoms with van der Waals surface area (Å²) in [6, 6.07) is 1.70. The highest BCUT2D eigenvalue weighted by Gasteiger charge is 2.40. The fraction of sp³-hybridized carbons (Fsp3) is 0.571. The van der Waals surface area contributed by atoms with Gasteiger partial charge in [-0.05, 0) is 39.4 Å². The van der Waals surface area contributed by atoms with Gasteiger partial charge in [0.15, 0.2) is 0 Å². The van der Waals surface area contributed by atoms with Crippen LogP contribution in [0.15, 0.2) is 18.5 Å². The van der Waals surface area contributed by atoms with E-state index in [0.29, 0.717) is 11.3 Å². The molecular formula is C14H23N5O. The van der Waals surface area contributed by atoms with Crippen molar-refractivity contribution in [2.24, 2.45) is 5.84 Å². The molecule has 0 spiro atoms. The van der Waals surface area contributed by atoms with E-state index in [-0.39, 0.29) is 11.4 Å². The summed E-state index contributed by atoms with van der Waals surface area (Å²) < 4.78 is 0. The zero-order chi connectivity index (χ0) is 14.8. The van der Waals surface area contributed by atoms with Gasteiger partial charge in [-0.15, -0.1) is 0 Å². The SMILES string of the molecule is CN(CC1(N(C)C)CCC1)C(=O)c1cnccc1NN. The molecule has 110 valence electrons. The zero-order valence-corrected chi connectivity index (χ0v) is 12.4. The summed E-state index contributed by atoms with van der Waals surface area (Å²) >= 11 is 0. The van der Waals surface area contributed by atoms with Crippen molar-refractivity contribution in [3.63, 3.8) is 0 Å². The second-order valence-electron chi connectivity index (χ2n) is 5.70. The number of anilines is 1. The minimum absolute atomic E-state index is 0.0563. The van der Waals surface area contributed by atoms with Gasteiger partial charge in [0.1, 0.15) is 0 Å². The summed E-state index contributed by atoms with van der Waals surface area (Å²) in [5, 5.41) is 0. The Morgan fingerprint density at radius 3 is 2.65 bits per heavy atom. The smallest absolute Gasteiger partial charge is 0.257 e. The van der Waals surface area contributed by atoms with Crippen LogP contribution in [0, 0.1) is 0 Å². The monoisotopic (exact) mass is 277 g/mol. The van der Waals surface area contributed by atoms with Crippen molar-refractivity contribution in [3.8, 4) is 0 Å². The topological polar surface area (TPSA) is 74.5 Å². The van der Waals surface area contributed by atoms with Crippen molar-refractivity contribution < 1.29 is 4.79 Å². The molecule has 20 heavy (non-hydrogen) atoms. The van der Waals surface area contributed by atoms with Gasteiger partial charge in [-0.2, -0.15) is 0 Å². The summed E-state index contributed by atoms with van der Waals surface area (Å²) in [7, 11) is 5.99. The molecule has 0 saturated heterocycles. The van der Waals surface area contributed by atoms with Crippen molar-refractivity contribution in [2.45, 2.75) is 24.8 Å². The van der Waals surface area contributed by atoms with Crippen molar-refractivity contribution in [1.29, 1.82) is 0 Å². The Morgan fingerprint density at radius 1 is 1.45 bits per heavy atom. The molecule has 1 amide bonds. The fourth-order valence-electron chi connectivity index (χ4n) is 2.74. The molecule has 2 rings (SSSR count). The lowest BCUT2D eigenvalue weighted by molar-refractivity contribution is 0.0252. The zero-order valence-electron chi connectivity index (χ0n) is 12.4. The number of amides is 1. The van der Waals surface area contributed by atoms with Crippen LogP contribution in [0.3, 0.4) is 0 Å². The predicted octanol–water partition coefficient (Wildman–Crippen LogP) is 0.924. The van der Waals surface area contributed by atoms with Gasteiger partial charge in [0.2, 0.25) is 0 Å². The van der Waals surface area contributed by atoms with Crippen molar-refractivity contribution in [2.75, 3.05) is 33.1 Å². The van der Waals surface area contributed by atoms with Gasteiger partial charge in [0.25, 0.3) is 5.91 Å². The Morgan fingerprint density at radius 2 is 2.15 bits per heavy atom. The summed E-state index contributed by atoms with van der Waals surface area (Å²) in [5.41, 5.74) is 3.77. The lowest BCUT2D eigenvalue weighted by Gasteiger charge is -2.49. The van der Waals surface area contributed by atoms with Crippen LogP contribution in [0.5, 0.6) is 0 Å². The Balaban J connectivity index is 2.13. The van der Waals surface area contributed by atoms with E-state index in [2.05, 4.69) is 29.4 Å². The molecular weight excluding hydrogens is 254 g/mol. The van der Waals surface area contributed by atoms with E-state index in [1.165, 1.54) is 6.42 Å². The van der Waals surface area contributed by atoms with Gasteiger partial charge in [0, 0.05) is 31.5 Å². The summed E-state index contributed by atoms with van der Waals surface area (Å²) in [6.45, 7) is 0.720. The van der Waals surface area contributed by atoms with E-state index in [1.807, 2.05) is 7.05 Å². The maximum atomic E-state index is 12.5. The number of carbonyl (C=O) groups is 1. The molecule has 1 aromatic heterocycles. The average Bonchev–Trinajstić information content (AvgIpc) is 2.41. The number of nitrogen functional groups attached to an aromatic ring is 1. The normalized spacial score (nSPS) is 16.6. The number of pyridine rings is 1. The third-order valence-electron chi connectivity index (χ3n) is 4.32. The first-order valence-corrected chi connectivity index (χ1v) is 6.84. The fourth-order valence-corrected chi connectivity index (χ4v) is 2.74. The van der Waals surface area contributed by atoms with Gasteiger partial charge in [-0.3, -0.25) is 15.6 Å². The van der Waals surface area contributed by atoms with Crippen LogP contribution in [-0.2, 0) is 0 Å². The number of hydrogen-bond acceptors (Lipinski definition) is 5. The molecule has 0 atom stereocenters. The number of likely N-dealkylation sites (N-methyl/N-ethyl adjacent to an activating group) is 2. The number of hydrogen-bond donors (Lipinski definition) is 2. The Labute approximate surface area is 119 Å². The summed E-state index contributed by atoms with van der Waals surface area (Å²) in [5.74, 6) is 5.39. The Bertz CT molecular complexity index is 484. The number of carbonyl (C=O) groups excluding carboxylic acids is 1. The molecule has 1 aromatic rings. The van der Waals surface area contributed by atoms with Gasteiger partial charge >= 0.3 is 0 Å². The molecule has 1 heterocycles. The highest BCUT2D eigenvalue weighted by Crippen LogP contribution is 2.36. The lowest BCUT2D eigenvalue weighted by Crippen LogP contribution is -2.57. The van der Waals surface area contributed by atoms with E-state index in [4.69, 9.17) is 5.84 Å². The van der Waals surface area contributed by atoms with E-state index in [0.717, 1.165) is 19.4 Å². The largest absolute Gasteiger partial charge is 0.340 e. The van der Waals surface area contributed by atoms with Gasteiger partial charge < -0.3 is 15.2 Å². The number of rotatable bonds is 5. The molecule has 1 fully saturated rings. The predicted molar refractivity (Wildman–Crippen MR) is 79.3 cm³/mol. The van der Waals surface area contributed by atoms with E-state index < -0.39 is 0 Å². The number of aromatic nitrogens is 1. The van der Waals surface area contributed by atoms with Crippen LogP contribution in [0.1, 0.15) is 29.6 Å². The number of nitrogens with one attached hydrogen (secondary N) is 1. The summed E-state index contributed by atoms with van der Waals surface area (Å²) in [6.07, 6.45) is 6.65. The number of nitrogens with zero attached hydrogens (tertiary/aromatic N) is 3. The summed E-state index contributed by atoms with van der Waals surface area (Å²) in [4.78, 5) is 20.5. The van der Waals surface area contributed by atoms with Crippen molar-refractivity contribution in [1.82, 2.24) is 14.8 Å². The minimum atomic E-state index is -0.0563. The van der Waals surface area contributed by atoms with Crippen LogP contribution in [0.2, 0.25) is 0 Å². The molecule has 0 radical (unpaired) electrons. The molecule has 6 heteroatoms.